The summed E-state index contributed by atoms with van der Waals surface area (Å²) < 4.78 is 0. The summed E-state index contributed by atoms with van der Waals surface area (Å²) in [4.78, 5) is 0. The summed E-state index contributed by atoms with van der Waals surface area (Å²) in [5.74, 6) is 0. The molecule has 0 unspecified atom stereocenters. The van der Waals surface area contributed by atoms with Gasteiger partial charge in [0.05, 0.1) is 0 Å². The second-order valence-electron chi connectivity index (χ2n) is 2.57. The molecule has 0 nitrogen and oxygen atoms in total. The smallest absolute Gasteiger partial charge is 1.00 e. The molecule has 0 N–H and O–H groups in total. The molecule has 0 bridgehead atoms. The van der Waals surface area contributed by atoms with Crippen molar-refractivity contribution in [2.75, 3.05) is 0 Å². The van der Waals surface area contributed by atoms with E-state index in [0.29, 0.717) is 5.41 Å². The van der Waals surface area contributed by atoms with E-state index in [1.54, 1.807) is 0 Å². The van der Waals surface area contributed by atoms with Crippen molar-refractivity contribution in [2.45, 2.75) is 20.8 Å². The Morgan fingerprint density at radius 1 is 1.43 bits per heavy atom. The number of allylic oxidation sites excluding steroid dienone is 1. The molecule has 0 rings (SSSR count). The van der Waals surface area contributed by atoms with E-state index >= 15 is 0 Å². The van der Waals surface area contributed by atoms with Crippen molar-refractivity contribution in [1.29, 1.82) is 0 Å². The minimum atomic E-state index is 0. The molecular formula is C6H13Li. The Bertz CT molecular complexity index is 54.0. The van der Waals surface area contributed by atoms with Crippen molar-refractivity contribution in [3.63, 3.8) is 0 Å². The SMILES string of the molecule is C=CC(C)(C)C.[H-].[Li+]. The van der Waals surface area contributed by atoms with E-state index in [2.05, 4.69) is 27.4 Å². The Hall–Kier alpha value is 0.337. The molecule has 1 heteroatoms. The molecule has 0 atom stereocenters. The molecule has 0 fully saturated rings. The van der Waals surface area contributed by atoms with E-state index in [0.717, 1.165) is 0 Å². The van der Waals surface area contributed by atoms with Crippen molar-refractivity contribution < 1.29 is 20.3 Å². The van der Waals surface area contributed by atoms with Crippen molar-refractivity contribution in [1.82, 2.24) is 0 Å². The Labute approximate surface area is 59.7 Å². The molecule has 0 heterocycles. The summed E-state index contributed by atoms with van der Waals surface area (Å²) in [7, 11) is 0. The van der Waals surface area contributed by atoms with E-state index < -0.39 is 0 Å². The maximum atomic E-state index is 3.63. The van der Waals surface area contributed by atoms with Crippen LogP contribution in [0.15, 0.2) is 12.7 Å². The van der Waals surface area contributed by atoms with Crippen LogP contribution in [0.5, 0.6) is 0 Å². The van der Waals surface area contributed by atoms with Gasteiger partial charge in [0.25, 0.3) is 0 Å². The zero-order valence-electron chi connectivity index (χ0n) is 6.78. The van der Waals surface area contributed by atoms with Crippen molar-refractivity contribution >= 4 is 0 Å². The van der Waals surface area contributed by atoms with E-state index in [-0.39, 0.29) is 20.3 Å². The van der Waals surface area contributed by atoms with Crippen LogP contribution in [0.25, 0.3) is 0 Å². The fourth-order valence-corrected chi connectivity index (χ4v) is 0. The molecule has 38 valence electrons. The maximum absolute atomic E-state index is 3.63. The van der Waals surface area contributed by atoms with Crippen LogP contribution in [-0.2, 0) is 0 Å². The Morgan fingerprint density at radius 3 is 1.57 bits per heavy atom. The van der Waals surface area contributed by atoms with Gasteiger partial charge in [-0.3, -0.25) is 0 Å². The van der Waals surface area contributed by atoms with Gasteiger partial charge in [-0.15, -0.1) is 6.58 Å². The fourth-order valence-electron chi connectivity index (χ4n) is 0. The average Bonchev–Trinajstić information content (AvgIpc) is 1.35. The molecular weight excluding hydrogens is 79.0 g/mol. The van der Waals surface area contributed by atoms with Crippen LogP contribution in [0.1, 0.15) is 22.2 Å². The summed E-state index contributed by atoms with van der Waals surface area (Å²) in [6.45, 7) is 10.0. The van der Waals surface area contributed by atoms with E-state index in [4.69, 9.17) is 0 Å². The number of rotatable bonds is 0. The third-order valence-corrected chi connectivity index (χ3v) is 0.612. The third kappa shape index (κ3) is 10.7. The zero-order valence-corrected chi connectivity index (χ0v) is 5.78. The van der Waals surface area contributed by atoms with Gasteiger partial charge in [-0.2, -0.15) is 0 Å². The molecule has 7 heavy (non-hydrogen) atoms. The molecule has 0 saturated carbocycles. The molecule has 0 saturated heterocycles. The average molecular weight is 92.1 g/mol. The third-order valence-electron chi connectivity index (χ3n) is 0.612. The van der Waals surface area contributed by atoms with Gasteiger partial charge in [-0.05, 0) is 5.41 Å². The van der Waals surface area contributed by atoms with Crippen LogP contribution >= 0.6 is 0 Å². The van der Waals surface area contributed by atoms with Gasteiger partial charge in [0, 0.05) is 0 Å². The van der Waals surface area contributed by atoms with Gasteiger partial charge in [0.2, 0.25) is 0 Å². The Kier molecular flexibility index (Phi) is 4.96. The summed E-state index contributed by atoms with van der Waals surface area (Å²) in [5, 5.41) is 0. The maximum Gasteiger partial charge on any atom is 1.00 e. The van der Waals surface area contributed by atoms with Crippen molar-refractivity contribution in [2.24, 2.45) is 5.41 Å². The van der Waals surface area contributed by atoms with Crippen LogP contribution in [0, 0.1) is 5.41 Å². The largest absolute Gasteiger partial charge is 1.00 e. The Morgan fingerprint density at radius 2 is 1.57 bits per heavy atom. The quantitative estimate of drug-likeness (QED) is 0.275. The molecule has 0 aliphatic heterocycles. The first-order valence-corrected chi connectivity index (χ1v) is 2.20. The molecule has 0 aromatic carbocycles. The second kappa shape index (κ2) is 3.35. The zero-order chi connectivity index (χ0) is 5.21. The van der Waals surface area contributed by atoms with E-state index in [1.807, 2.05) is 6.08 Å². The van der Waals surface area contributed by atoms with Gasteiger partial charge < -0.3 is 1.43 Å². The molecule has 0 aromatic heterocycles. The molecule has 0 spiro atoms. The van der Waals surface area contributed by atoms with Crippen LogP contribution < -0.4 is 18.9 Å². The van der Waals surface area contributed by atoms with Crippen LogP contribution in [0.3, 0.4) is 0 Å². The topological polar surface area (TPSA) is 0 Å². The molecule has 0 amide bonds. The summed E-state index contributed by atoms with van der Waals surface area (Å²) in [6.07, 6.45) is 1.94. The second-order valence-corrected chi connectivity index (χ2v) is 2.57. The molecule has 0 radical (unpaired) electrons. The van der Waals surface area contributed by atoms with E-state index in [9.17, 15) is 0 Å². The molecule has 0 aliphatic rings. The first-order valence-electron chi connectivity index (χ1n) is 2.20. The fraction of sp³-hybridized carbons (Fsp3) is 0.667. The van der Waals surface area contributed by atoms with Crippen molar-refractivity contribution in [3.05, 3.63) is 12.7 Å². The number of hydrogen-bond donors (Lipinski definition) is 0. The minimum absolute atomic E-state index is 0. The van der Waals surface area contributed by atoms with E-state index in [1.165, 1.54) is 0 Å². The molecule has 0 aliphatic carbocycles. The van der Waals surface area contributed by atoms with Crippen LogP contribution in [0.2, 0.25) is 0 Å². The van der Waals surface area contributed by atoms with Gasteiger partial charge in [-0.1, -0.05) is 26.8 Å². The predicted octanol–water partition coefficient (Wildman–Crippen LogP) is -0.665. The molecule has 0 aromatic rings. The van der Waals surface area contributed by atoms with Gasteiger partial charge in [0.1, 0.15) is 0 Å². The standard InChI is InChI=1S/C6H12.Li.H/c1-5-6(2,3)4;;/h5H,1H2,2-4H3;;/q;+1;-1. The normalized spacial score (nSPS) is 9.57. The predicted molar refractivity (Wildman–Crippen MR) is 30.8 cm³/mol. The van der Waals surface area contributed by atoms with Crippen LogP contribution in [0.4, 0.5) is 0 Å². The minimum Gasteiger partial charge on any atom is -1.00 e. The van der Waals surface area contributed by atoms with Gasteiger partial charge in [0.15, 0.2) is 0 Å². The van der Waals surface area contributed by atoms with Gasteiger partial charge in [-0.25, -0.2) is 0 Å². The Balaban J connectivity index is -0.000000125. The summed E-state index contributed by atoms with van der Waals surface area (Å²) in [5.41, 5.74) is 0.306. The first-order chi connectivity index (χ1) is 2.56. The number of hydrogen-bond acceptors (Lipinski definition) is 0. The monoisotopic (exact) mass is 92.1 g/mol. The first kappa shape index (κ1) is 10.3. The van der Waals surface area contributed by atoms with Crippen LogP contribution in [-0.4, -0.2) is 0 Å². The summed E-state index contributed by atoms with van der Waals surface area (Å²) >= 11 is 0. The van der Waals surface area contributed by atoms with Crippen molar-refractivity contribution in [3.8, 4) is 0 Å². The summed E-state index contributed by atoms with van der Waals surface area (Å²) in [6, 6.07) is 0. The van der Waals surface area contributed by atoms with Gasteiger partial charge >= 0.3 is 18.9 Å².